The van der Waals surface area contributed by atoms with Crippen LogP contribution in [0.4, 0.5) is 0 Å². The van der Waals surface area contributed by atoms with Crippen molar-refractivity contribution in [1.29, 1.82) is 5.26 Å². The first-order valence-electron chi connectivity index (χ1n) is 7.69. The molecule has 2 aliphatic rings. The fourth-order valence-corrected chi connectivity index (χ4v) is 3.47. The van der Waals surface area contributed by atoms with Gasteiger partial charge < -0.3 is 14.8 Å². The Balaban J connectivity index is 1.77. The van der Waals surface area contributed by atoms with Crippen molar-refractivity contribution in [2.45, 2.75) is 38.1 Å². The molecule has 0 bridgehead atoms. The molecule has 1 aliphatic heterocycles. The van der Waals surface area contributed by atoms with E-state index in [2.05, 4.69) is 21.2 Å². The molecule has 1 amide bonds. The number of benzene rings is 1. The van der Waals surface area contributed by atoms with Crippen LogP contribution in [0.2, 0.25) is 0 Å². The number of hydrogen-bond donors (Lipinski definition) is 1. The van der Waals surface area contributed by atoms with Gasteiger partial charge in [0, 0.05) is 6.04 Å². The summed E-state index contributed by atoms with van der Waals surface area (Å²) in [6, 6.07) is 5.73. The number of carbonyl (C=O) groups excluding carboxylic acids is 1. The van der Waals surface area contributed by atoms with E-state index < -0.39 is 0 Å². The Bertz CT molecular complexity index is 688. The normalized spacial score (nSPS) is 17.7. The number of fused-ring (bicyclic) bond motifs is 1. The van der Waals surface area contributed by atoms with E-state index in [4.69, 9.17) is 9.47 Å². The third-order valence-corrected chi connectivity index (χ3v) is 4.66. The molecular weight excluding hydrogens is 360 g/mol. The van der Waals surface area contributed by atoms with Gasteiger partial charge in [-0.15, -0.1) is 0 Å². The Morgan fingerprint density at radius 1 is 1.30 bits per heavy atom. The van der Waals surface area contributed by atoms with E-state index in [1.807, 2.05) is 6.07 Å². The van der Waals surface area contributed by atoms with E-state index >= 15 is 0 Å². The van der Waals surface area contributed by atoms with Crippen molar-refractivity contribution in [2.75, 3.05) is 6.79 Å². The number of ether oxygens (including phenoxy) is 2. The highest BCUT2D eigenvalue weighted by Crippen LogP contribution is 2.40. The van der Waals surface area contributed by atoms with Gasteiger partial charge in [-0.25, -0.2) is 0 Å². The molecule has 1 aromatic rings. The average molecular weight is 377 g/mol. The Hall–Kier alpha value is -2.00. The fourth-order valence-electron chi connectivity index (χ4n) is 2.90. The number of nitrogens with zero attached hydrogens (tertiary/aromatic N) is 1. The highest BCUT2D eigenvalue weighted by molar-refractivity contribution is 9.10. The van der Waals surface area contributed by atoms with Gasteiger partial charge in [0.2, 0.25) is 6.79 Å². The number of hydrogen-bond acceptors (Lipinski definition) is 4. The maximum atomic E-state index is 12.3. The minimum Gasteiger partial charge on any atom is -0.454 e. The van der Waals surface area contributed by atoms with Crippen LogP contribution in [0.1, 0.15) is 37.7 Å². The number of rotatable bonds is 3. The van der Waals surface area contributed by atoms with E-state index in [1.165, 1.54) is 6.42 Å². The average Bonchev–Trinajstić information content (AvgIpc) is 3.02. The molecular formula is C17H17BrN2O3. The summed E-state index contributed by atoms with van der Waals surface area (Å²) in [5.41, 5.74) is 0.817. The number of carbonyl (C=O) groups is 1. The van der Waals surface area contributed by atoms with Crippen LogP contribution in [0.5, 0.6) is 11.5 Å². The maximum Gasteiger partial charge on any atom is 0.262 e. The van der Waals surface area contributed by atoms with Gasteiger partial charge in [-0.3, -0.25) is 4.79 Å². The van der Waals surface area contributed by atoms with Crippen LogP contribution in [0.3, 0.4) is 0 Å². The monoisotopic (exact) mass is 376 g/mol. The van der Waals surface area contributed by atoms with E-state index in [0.29, 0.717) is 11.5 Å². The summed E-state index contributed by atoms with van der Waals surface area (Å²) >= 11 is 3.41. The smallest absolute Gasteiger partial charge is 0.262 e. The number of halogens is 1. The molecule has 1 N–H and O–H groups in total. The lowest BCUT2D eigenvalue weighted by Crippen LogP contribution is -2.36. The number of amides is 1. The van der Waals surface area contributed by atoms with Crippen molar-refractivity contribution < 1.29 is 14.3 Å². The summed E-state index contributed by atoms with van der Waals surface area (Å²) in [4.78, 5) is 12.3. The molecule has 1 heterocycles. The molecule has 23 heavy (non-hydrogen) atoms. The van der Waals surface area contributed by atoms with E-state index in [1.54, 1.807) is 18.2 Å². The molecule has 1 aromatic carbocycles. The van der Waals surface area contributed by atoms with Crippen LogP contribution in [-0.4, -0.2) is 18.7 Å². The van der Waals surface area contributed by atoms with Gasteiger partial charge >= 0.3 is 0 Å². The standard InChI is InChI=1S/C17H17BrN2O3/c18-14-7-11(8-15-16(14)23-10-22-15)6-12(9-19)17(21)20-13-4-2-1-3-5-13/h6-8,13H,1-5,10H2,(H,20,21)/b12-6+. The van der Waals surface area contributed by atoms with Gasteiger partial charge in [0.15, 0.2) is 11.5 Å². The zero-order chi connectivity index (χ0) is 16.2. The van der Waals surface area contributed by atoms with Gasteiger partial charge in [-0.1, -0.05) is 19.3 Å². The third kappa shape index (κ3) is 3.67. The van der Waals surface area contributed by atoms with Gasteiger partial charge in [-0.2, -0.15) is 5.26 Å². The summed E-state index contributed by atoms with van der Waals surface area (Å²) in [5, 5.41) is 12.3. The predicted octanol–water partition coefficient (Wildman–Crippen LogP) is 3.53. The molecule has 1 saturated carbocycles. The second kappa shape index (κ2) is 7.05. The predicted molar refractivity (Wildman–Crippen MR) is 88.9 cm³/mol. The summed E-state index contributed by atoms with van der Waals surface area (Å²) in [7, 11) is 0. The van der Waals surface area contributed by atoms with E-state index in [-0.39, 0.29) is 24.3 Å². The molecule has 5 nitrogen and oxygen atoms in total. The van der Waals surface area contributed by atoms with Crippen LogP contribution < -0.4 is 14.8 Å². The van der Waals surface area contributed by atoms with Crippen molar-refractivity contribution in [3.05, 3.63) is 27.7 Å². The minimum absolute atomic E-state index is 0.0985. The van der Waals surface area contributed by atoms with E-state index in [9.17, 15) is 10.1 Å². The minimum atomic E-state index is -0.312. The summed E-state index contributed by atoms with van der Waals surface area (Å²) < 4.78 is 11.4. The molecule has 0 saturated heterocycles. The van der Waals surface area contributed by atoms with Crippen LogP contribution in [0, 0.1) is 11.3 Å². The first kappa shape index (κ1) is 15.9. The molecule has 0 unspecified atom stereocenters. The molecule has 1 aliphatic carbocycles. The highest BCUT2D eigenvalue weighted by atomic mass is 79.9. The van der Waals surface area contributed by atoms with Crippen molar-refractivity contribution in [3.63, 3.8) is 0 Å². The highest BCUT2D eigenvalue weighted by Gasteiger charge is 2.20. The van der Waals surface area contributed by atoms with Crippen molar-refractivity contribution >= 4 is 27.9 Å². The fraction of sp³-hybridized carbons (Fsp3) is 0.412. The van der Waals surface area contributed by atoms with Crippen LogP contribution in [0.25, 0.3) is 6.08 Å². The number of nitrogens with one attached hydrogen (secondary N) is 1. The number of nitriles is 1. The molecule has 0 radical (unpaired) electrons. The molecule has 120 valence electrons. The van der Waals surface area contributed by atoms with Crippen LogP contribution in [-0.2, 0) is 4.79 Å². The summed E-state index contributed by atoms with van der Waals surface area (Å²) in [6.45, 7) is 0.175. The molecule has 0 spiro atoms. The Kier molecular flexibility index (Phi) is 4.87. The lowest BCUT2D eigenvalue weighted by Gasteiger charge is -2.22. The molecule has 0 atom stereocenters. The zero-order valence-corrected chi connectivity index (χ0v) is 14.2. The van der Waals surface area contributed by atoms with Crippen molar-refractivity contribution in [1.82, 2.24) is 5.32 Å². The quantitative estimate of drug-likeness (QED) is 0.646. The topological polar surface area (TPSA) is 71.3 Å². The first-order chi connectivity index (χ1) is 11.2. The van der Waals surface area contributed by atoms with Crippen LogP contribution >= 0.6 is 15.9 Å². The zero-order valence-electron chi connectivity index (χ0n) is 12.6. The Labute approximate surface area is 143 Å². The first-order valence-corrected chi connectivity index (χ1v) is 8.48. The summed E-state index contributed by atoms with van der Waals surface area (Å²) in [6.07, 6.45) is 7.03. The lowest BCUT2D eigenvalue weighted by molar-refractivity contribution is -0.117. The van der Waals surface area contributed by atoms with Gasteiger partial charge in [0.25, 0.3) is 5.91 Å². The van der Waals surface area contributed by atoms with Crippen LogP contribution in [0.15, 0.2) is 22.2 Å². The molecule has 3 rings (SSSR count). The SMILES string of the molecule is N#C/C(=C\c1cc(Br)c2c(c1)OCO2)C(=O)NC1CCCCC1. The molecule has 6 heteroatoms. The van der Waals surface area contributed by atoms with Crippen molar-refractivity contribution in [2.24, 2.45) is 0 Å². The molecule has 1 fully saturated rings. The maximum absolute atomic E-state index is 12.3. The summed E-state index contributed by atoms with van der Waals surface area (Å²) in [5.74, 6) is 0.941. The molecule has 0 aromatic heterocycles. The van der Waals surface area contributed by atoms with Gasteiger partial charge in [0.05, 0.1) is 4.47 Å². The second-order valence-corrected chi connectivity index (χ2v) is 6.57. The van der Waals surface area contributed by atoms with Gasteiger partial charge in [-0.05, 0) is 52.5 Å². The Morgan fingerprint density at radius 3 is 2.83 bits per heavy atom. The van der Waals surface area contributed by atoms with Crippen molar-refractivity contribution in [3.8, 4) is 17.6 Å². The second-order valence-electron chi connectivity index (χ2n) is 5.71. The Morgan fingerprint density at radius 2 is 2.09 bits per heavy atom. The largest absolute Gasteiger partial charge is 0.454 e. The van der Waals surface area contributed by atoms with Gasteiger partial charge in [0.1, 0.15) is 11.6 Å². The van der Waals surface area contributed by atoms with E-state index in [0.717, 1.165) is 35.7 Å². The lowest BCUT2D eigenvalue weighted by atomic mass is 9.95. The third-order valence-electron chi connectivity index (χ3n) is 4.07.